The fraction of sp³-hybridized carbons (Fsp3) is 0.250. The van der Waals surface area contributed by atoms with Crippen molar-refractivity contribution >= 4 is 27.8 Å². The lowest BCUT2D eigenvalue weighted by Crippen LogP contribution is -2.00. The number of methoxy groups -OCH3 is 1. The molecule has 3 rings (SSSR count). The first-order chi connectivity index (χ1) is 12.1. The maximum atomic E-state index is 12.5. The van der Waals surface area contributed by atoms with E-state index >= 15 is 0 Å². The summed E-state index contributed by atoms with van der Waals surface area (Å²) in [5.74, 6) is 2.08. The van der Waals surface area contributed by atoms with E-state index in [0.717, 1.165) is 22.9 Å². The minimum absolute atomic E-state index is 0.126. The standard InChI is InChI=1S/C20H19BrO4/c1-3-4-9-24-17-7-5-13(10-18(17)23-2)11-19-20(22)15-12-14(21)6-8-16(15)25-19/h5-8,10-12H,3-4,9H2,1-2H3/b19-11-. The molecule has 0 atom stereocenters. The molecule has 0 saturated heterocycles. The molecule has 1 heterocycles. The van der Waals surface area contributed by atoms with Crippen LogP contribution in [0.4, 0.5) is 0 Å². The van der Waals surface area contributed by atoms with Crippen molar-refractivity contribution in [2.45, 2.75) is 19.8 Å². The van der Waals surface area contributed by atoms with E-state index in [1.165, 1.54) is 0 Å². The molecule has 1 aliphatic heterocycles. The number of ketones is 1. The van der Waals surface area contributed by atoms with Crippen LogP contribution in [0.25, 0.3) is 6.08 Å². The van der Waals surface area contributed by atoms with E-state index in [9.17, 15) is 4.79 Å². The summed E-state index contributed by atoms with van der Waals surface area (Å²) in [6, 6.07) is 11.0. The number of unbranched alkanes of at least 4 members (excludes halogenated alkanes) is 1. The summed E-state index contributed by atoms with van der Waals surface area (Å²) in [5.41, 5.74) is 1.38. The zero-order chi connectivity index (χ0) is 17.8. The highest BCUT2D eigenvalue weighted by atomic mass is 79.9. The quantitative estimate of drug-likeness (QED) is 0.488. The fourth-order valence-electron chi connectivity index (χ4n) is 2.53. The third kappa shape index (κ3) is 3.87. The van der Waals surface area contributed by atoms with Crippen molar-refractivity contribution in [2.24, 2.45) is 0 Å². The highest BCUT2D eigenvalue weighted by Gasteiger charge is 2.27. The van der Waals surface area contributed by atoms with Gasteiger partial charge in [-0.25, -0.2) is 0 Å². The second kappa shape index (κ2) is 7.74. The van der Waals surface area contributed by atoms with Crippen molar-refractivity contribution in [3.05, 3.63) is 57.8 Å². The van der Waals surface area contributed by atoms with Crippen molar-refractivity contribution in [1.29, 1.82) is 0 Å². The Morgan fingerprint density at radius 2 is 2.00 bits per heavy atom. The minimum Gasteiger partial charge on any atom is -0.493 e. The molecule has 2 aromatic rings. The van der Waals surface area contributed by atoms with Gasteiger partial charge >= 0.3 is 0 Å². The second-order valence-electron chi connectivity index (χ2n) is 5.69. The highest BCUT2D eigenvalue weighted by molar-refractivity contribution is 9.10. The van der Waals surface area contributed by atoms with Gasteiger partial charge in [0.05, 0.1) is 19.3 Å². The van der Waals surface area contributed by atoms with Crippen molar-refractivity contribution in [1.82, 2.24) is 0 Å². The van der Waals surface area contributed by atoms with Gasteiger partial charge in [-0.05, 0) is 48.4 Å². The van der Waals surface area contributed by atoms with E-state index in [0.29, 0.717) is 35.2 Å². The number of ether oxygens (including phenoxy) is 3. The number of hydrogen-bond donors (Lipinski definition) is 0. The number of benzene rings is 2. The first-order valence-electron chi connectivity index (χ1n) is 8.17. The van der Waals surface area contributed by atoms with E-state index in [4.69, 9.17) is 14.2 Å². The smallest absolute Gasteiger partial charge is 0.232 e. The van der Waals surface area contributed by atoms with Gasteiger partial charge in [-0.2, -0.15) is 0 Å². The summed E-state index contributed by atoms with van der Waals surface area (Å²) >= 11 is 3.37. The summed E-state index contributed by atoms with van der Waals surface area (Å²) in [6.45, 7) is 2.77. The van der Waals surface area contributed by atoms with Gasteiger partial charge in [0.2, 0.25) is 5.78 Å². The van der Waals surface area contributed by atoms with Gasteiger partial charge < -0.3 is 14.2 Å². The molecule has 130 valence electrons. The van der Waals surface area contributed by atoms with E-state index in [2.05, 4.69) is 22.9 Å². The first kappa shape index (κ1) is 17.5. The van der Waals surface area contributed by atoms with Crippen LogP contribution in [-0.4, -0.2) is 19.5 Å². The largest absolute Gasteiger partial charge is 0.493 e. The number of allylic oxidation sites excluding steroid dienone is 1. The monoisotopic (exact) mass is 402 g/mol. The maximum absolute atomic E-state index is 12.5. The van der Waals surface area contributed by atoms with Crippen LogP contribution in [0.3, 0.4) is 0 Å². The fourth-order valence-corrected chi connectivity index (χ4v) is 2.89. The topological polar surface area (TPSA) is 44.8 Å². The van der Waals surface area contributed by atoms with E-state index in [-0.39, 0.29) is 5.78 Å². The van der Waals surface area contributed by atoms with E-state index < -0.39 is 0 Å². The molecule has 0 spiro atoms. The van der Waals surface area contributed by atoms with Gasteiger partial charge in [-0.1, -0.05) is 35.3 Å². The van der Waals surface area contributed by atoms with Crippen LogP contribution in [-0.2, 0) is 0 Å². The van der Waals surface area contributed by atoms with Crippen molar-refractivity contribution < 1.29 is 19.0 Å². The third-order valence-corrected chi connectivity index (χ3v) is 4.36. The molecular weight excluding hydrogens is 384 g/mol. The summed E-state index contributed by atoms with van der Waals surface area (Å²) in [7, 11) is 1.60. The molecule has 25 heavy (non-hydrogen) atoms. The molecule has 0 bridgehead atoms. The van der Waals surface area contributed by atoms with Crippen molar-refractivity contribution in [3.8, 4) is 17.2 Å². The van der Waals surface area contributed by atoms with Crippen LogP contribution in [0.15, 0.2) is 46.6 Å². The lowest BCUT2D eigenvalue weighted by molar-refractivity contribution is 0.101. The Morgan fingerprint density at radius 3 is 2.76 bits per heavy atom. The van der Waals surface area contributed by atoms with Crippen molar-refractivity contribution in [3.63, 3.8) is 0 Å². The van der Waals surface area contributed by atoms with Crippen LogP contribution in [0.1, 0.15) is 35.7 Å². The van der Waals surface area contributed by atoms with Gasteiger partial charge in [-0.15, -0.1) is 0 Å². The Morgan fingerprint density at radius 1 is 1.16 bits per heavy atom. The highest BCUT2D eigenvalue weighted by Crippen LogP contribution is 2.35. The Kier molecular flexibility index (Phi) is 5.43. The van der Waals surface area contributed by atoms with Gasteiger partial charge in [0.1, 0.15) is 5.75 Å². The lowest BCUT2D eigenvalue weighted by Gasteiger charge is -2.11. The van der Waals surface area contributed by atoms with Crippen LogP contribution >= 0.6 is 15.9 Å². The second-order valence-corrected chi connectivity index (χ2v) is 6.61. The minimum atomic E-state index is -0.126. The van der Waals surface area contributed by atoms with Gasteiger partial charge in [-0.3, -0.25) is 4.79 Å². The van der Waals surface area contributed by atoms with Crippen molar-refractivity contribution in [2.75, 3.05) is 13.7 Å². The molecule has 0 aromatic heterocycles. The normalized spacial score (nSPS) is 14.4. The Hall–Kier alpha value is -2.27. The first-order valence-corrected chi connectivity index (χ1v) is 8.96. The van der Waals surface area contributed by atoms with Crippen LogP contribution in [0.5, 0.6) is 17.2 Å². The SMILES string of the molecule is CCCCOc1ccc(/C=C2\Oc3ccc(Br)cc3C2=O)cc1OC. The maximum Gasteiger partial charge on any atom is 0.232 e. The zero-order valence-electron chi connectivity index (χ0n) is 14.2. The Balaban J connectivity index is 1.83. The molecule has 0 fully saturated rings. The molecule has 0 amide bonds. The molecule has 0 saturated carbocycles. The number of halogens is 1. The molecule has 2 aromatic carbocycles. The molecule has 4 nitrogen and oxygen atoms in total. The summed E-state index contributed by atoms with van der Waals surface area (Å²) in [6.07, 6.45) is 3.78. The zero-order valence-corrected chi connectivity index (χ0v) is 15.8. The summed E-state index contributed by atoms with van der Waals surface area (Å²) in [5, 5.41) is 0. The van der Waals surface area contributed by atoms with Crippen LogP contribution in [0, 0.1) is 0 Å². The predicted molar refractivity (Wildman–Crippen MR) is 100 cm³/mol. The number of Topliss-reactive ketones (excluding diaryl/α,β-unsaturated/α-hetero) is 1. The molecule has 0 unspecified atom stereocenters. The number of fused-ring (bicyclic) bond motifs is 1. The van der Waals surface area contributed by atoms with Gasteiger partial charge in [0.15, 0.2) is 17.3 Å². The Labute approximate surface area is 155 Å². The lowest BCUT2D eigenvalue weighted by atomic mass is 10.1. The molecular formula is C20H19BrO4. The average molecular weight is 403 g/mol. The van der Waals surface area contributed by atoms with E-state index in [1.807, 2.05) is 24.3 Å². The van der Waals surface area contributed by atoms with Gasteiger partial charge in [0, 0.05) is 4.47 Å². The van der Waals surface area contributed by atoms with E-state index in [1.54, 1.807) is 25.3 Å². The third-order valence-electron chi connectivity index (χ3n) is 3.87. The summed E-state index contributed by atoms with van der Waals surface area (Å²) < 4.78 is 17.7. The molecule has 5 heteroatoms. The summed E-state index contributed by atoms with van der Waals surface area (Å²) in [4.78, 5) is 12.5. The predicted octanol–water partition coefficient (Wildman–Crippen LogP) is 5.25. The van der Waals surface area contributed by atoms with Crippen LogP contribution < -0.4 is 14.2 Å². The molecule has 0 radical (unpaired) electrons. The number of carbonyl (C=O) groups excluding carboxylic acids is 1. The number of hydrogen-bond acceptors (Lipinski definition) is 4. The van der Waals surface area contributed by atoms with Gasteiger partial charge in [0.25, 0.3) is 0 Å². The average Bonchev–Trinajstić information content (AvgIpc) is 2.92. The molecule has 0 N–H and O–H groups in total. The molecule has 1 aliphatic rings. The number of carbonyl (C=O) groups is 1. The Bertz CT molecular complexity index is 826. The number of rotatable bonds is 6. The molecule has 0 aliphatic carbocycles. The van der Waals surface area contributed by atoms with Crippen LogP contribution in [0.2, 0.25) is 0 Å².